The highest BCUT2D eigenvalue weighted by Crippen LogP contribution is 2.45. The largest absolute Gasteiger partial charge is 0.379 e. The number of fused-ring (bicyclic) bond motifs is 1. The molecule has 3 fully saturated rings. The highest BCUT2D eigenvalue weighted by atomic mass is 16.5. The van der Waals surface area contributed by atoms with E-state index in [0.717, 1.165) is 47.8 Å². The van der Waals surface area contributed by atoms with Crippen LogP contribution in [0.5, 0.6) is 0 Å². The Hall–Kier alpha value is -3.36. The molecule has 1 atom stereocenters. The van der Waals surface area contributed by atoms with Gasteiger partial charge >= 0.3 is 0 Å². The van der Waals surface area contributed by atoms with Crippen molar-refractivity contribution in [1.82, 2.24) is 24.6 Å². The van der Waals surface area contributed by atoms with Gasteiger partial charge in [0.1, 0.15) is 12.2 Å². The Morgan fingerprint density at radius 2 is 1.90 bits per heavy atom. The van der Waals surface area contributed by atoms with E-state index >= 15 is 0 Å². The van der Waals surface area contributed by atoms with Crippen LogP contribution in [-0.2, 0) is 30.2 Å². The lowest BCUT2D eigenvalue weighted by Crippen LogP contribution is -2.49. The number of carbonyl (C=O) groups excluding carboxylic acids is 1. The third-order valence-corrected chi connectivity index (χ3v) is 9.13. The average Bonchev–Trinajstić information content (AvgIpc) is 3.67. The van der Waals surface area contributed by atoms with Gasteiger partial charge in [0, 0.05) is 53.4 Å². The number of benzene rings is 1. The summed E-state index contributed by atoms with van der Waals surface area (Å²) in [5.41, 5.74) is 6.20. The Morgan fingerprint density at radius 3 is 2.55 bits per heavy atom. The van der Waals surface area contributed by atoms with Gasteiger partial charge in [0.25, 0.3) is 5.91 Å². The molecule has 3 aromatic rings. The Morgan fingerprint density at radius 1 is 1.12 bits per heavy atom. The molecule has 2 saturated heterocycles. The number of aromatic nitrogens is 4. The van der Waals surface area contributed by atoms with E-state index in [4.69, 9.17) is 9.72 Å². The van der Waals surface area contributed by atoms with Crippen molar-refractivity contribution in [2.24, 2.45) is 7.05 Å². The zero-order valence-corrected chi connectivity index (χ0v) is 23.8. The molecule has 4 aliphatic rings. The molecule has 2 aromatic heterocycles. The van der Waals surface area contributed by atoms with Gasteiger partial charge in [0.15, 0.2) is 0 Å². The molecular formula is C32H40N6O2. The van der Waals surface area contributed by atoms with E-state index < -0.39 is 0 Å². The number of amides is 1. The lowest BCUT2D eigenvalue weighted by atomic mass is 9.75. The topological polar surface area (TPSA) is 76.4 Å². The van der Waals surface area contributed by atoms with Gasteiger partial charge < -0.3 is 14.2 Å². The van der Waals surface area contributed by atoms with Crippen LogP contribution in [0.15, 0.2) is 49.8 Å². The van der Waals surface area contributed by atoms with E-state index in [1.165, 1.54) is 43.4 Å². The fraction of sp³-hybridized carbons (Fsp3) is 0.500. The van der Waals surface area contributed by atoms with Gasteiger partial charge in [-0.2, -0.15) is 0 Å². The van der Waals surface area contributed by atoms with Gasteiger partial charge in [-0.1, -0.05) is 18.6 Å². The van der Waals surface area contributed by atoms with E-state index in [0.29, 0.717) is 25.7 Å². The number of hydrogen-bond donors (Lipinski definition) is 0. The Kier molecular flexibility index (Phi) is 7.31. The van der Waals surface area contributed by atoms with E-state index in [1.54, 1.807) is 6.33 Å². The minimum Gasteiger partial charge on any atom is -0.379 e. The van der Waals surface area contributed by atoms with Crippen LogP contribution in [0, 0.1) is 0 Å². The fourth-order valence-corrected chi connectivity index (χ4v) is 6.45. The molecule has 210 valence electrons. The zero-order chi connectivity index (χ0) is 27.9. The number of hydrogen-bond acceptors (Lipinski definition) is 6. The van der Waals surface area contributed by atoms with Gasteiger partial charge in [-0.05, 0) is 69.5 Å². The first kappa shape index (κ1) is 26.8. The molecule has 8 heteroatoms. The van der Waals surface area contributed by atoms with E-state index in [2.05, 4.69) is 65.5 Å². The van der Waals surface area contributed by atoms with E-state index in [1.807, 2.05) is 16.5 Å². The average molecular weight is 541 g/mol. The number of ether oxygens (including phenoxy) is 1. The number of rotatable bonds is 7. The van der Waals surface area contributed by atoms with Crippen LogP contribution in [0.3, 0.4) is 0 Å². The Bertz CT molecular complexity index is 1390. The molecule has 0 N–H and O–H groups in total. The lowest BCUT2D eigenvalue weighted by molar-refractivity contribution is -0.0611. The molecule has 1 aliphatic carbocycles. The molecule has 5 heterocycles. The summed E-state index contributed by atoms with van der Waals surface area (Å²) in [4.78, 5) is 23.6. The molecule has 7 rings (SSSR count). The molecular weight excluding hydrogens is 500 g/mol. The summed E-state index contributed by atoms with van der Waals surface area (Å²) in [5, 5.41) is 8.38. The van der Waals surface area contributed by atoms with Gasteiger partial charge in [0.2, 0.25) is 0 Å². The van der Waals surface area contributed by atoms with Crippen molar-refractivity contribution in [3.05, 3.63) is 83.7 Å². The van der Waals surface area contributed by atoms with Crippen molar-refractivity contribution in [3.8, 4) is 0 Å². The summed E-state index contributed by atoms with van der Waals surface area (Å²) in [6.45, 7) is 12.4. The monoisotopic (exact) mass is 540 g/mol. The van der Waals surface area contributed by atoms with Gasteiger partial charge in [-0.15, -0.1) is 23.4 Å². The van der Waals surface area contributed by atoms with Crippen molar-refractivity contribution in [1.29, 1.82) is 0 Å². The molecule has 1 amide bonds. The standard InChI is InChI=1S/C30H36N6O2.C2H4/c1-20(35-11-4-3-5-12-35)26-14-24-25(28(32-26)21-9-10-21)16-36(29(24)37)23-8-6-7-22(13-23)30(17-38-18-30)15-27-33-31-19-34(27)2;1-2/h6-8,13-14,19-21H,3-5,9-12,15-18H2,1-2H3;1-2H2/t20-;/m0./s1. The van der Waals surface area contributed by atoms with Crippen LogP contribution in [0.4, 0.5) is 5.69 Å². The van der Waals surface area contributed by atoms with Crippen LogP contribution in [0.25, 0.3) is 0 Å². The van der Waals surface area contributed by atoms with Crippen molar-refractivity contribution in [2.75, 3.05) is 31.2 Å². The minimum absolute atomic E-state index is 0.0979. The lowest BCUT2D eigenvalue weighted by Gasteiger charge is -2.42. The number of anilines is 1. The second kappa shape index (κ2) is 10.9. The molecule has 1 aromatic carbocycles. The summed E-state index contributed by atoms with van der Waals surface area (Å²) in [6.07, 6.45) is 8.66. The smallest absolute Gasteiger partial charge is 0.259 e. The predicted molar refractivity (Wildman–Crippen MR) is 155 cm³/mol. The normalized spacial score (nSPS) is 20.9. The number of pyridine rings is 1. The van der Waals surface area contributed by atoms with Gasteiger partial charge in [-0.25, -0.2) is 0 Å². The van der Waals surface area contributed by atoms with Crippen molar-refractivity contribution in [2.45, 2.75) is 69.4 Å². The molecule has 8 nitrogen and oxygen atoms in total. The number of aryl methyl sites for hydroxylation is 1. The van der Waals surface area contributed by atoms with Crippen LogP contribution in [-0.4, -0.2) is 56.9 Å². The Balaban J connectivity index is 0.00000142. The number of nitrogens with zero attached hydrogens (tertiary/aromatic N) is 6. The molecule has 0 bridgehead atoms. The van der Waals surface area contributed by atoms with Gasteiger partial charge in [-0.3, -0.25) is 14.7 Å². The minimum atomic E-state index is -0.149. The van der Waals surface area contributed by atoms with Crippen molar-refractivity contribution in [3.63, 3.8) is 0 Å². The predicted octanol–water partition coefficient (Wildman–Crippen LogP) is 5.11. The first-order valence-corrected chi connectivity index (χ1v) is 14.6. The maximum Gasteiger partial charge on any atom is 0.259 e. The van der Waals surface area contributed by atoms with Crippen LogP contribution in [0.2, 0.25) is 0 Å². The Labute approximate surface area is 237 Å². The van der Waals surface area contributed by atoms with Crippen LogP contribution in [0.1, 0.15) is 89.7 Å². The fourth-order valence-electron chi connectivity index (χ4n) is 6.45. The molecule has 1 saturated carbocycles. The second-order valence-corrected chi connectivity index (χ2v) is 11.8. The summed E-state index contributed by atoms with van der Waals surface area (Å²) in [7, 11) is 1.98. The highest BCUT2D eigenvalue weighted by Gasteiger charge is 2.43. The first-order chi connectivity index (χ1) is 19.5. The molecule has 0 radical (unpaired) electrons. The summed E-state index contributed by atoms with van der Waals surface area (Å²) >= 11 is 0. The number of likely N-dealkylation sites (tertiary alicyclic amines) is 1. The summed E-state index contributed by atoms with van der Waals surface area (Å²) in [5.74, 6) is 1.54. The van der Waals surface area contributed by atoms with E-state index in [9.17, 15) is 4.79 Å². The molecule has 0 spiro atoms. The number of piperidine rings is 1. The zero-order valence-electron chi connectivity index (χ0n) is 23.8. The highest BCUT2D eigenvalue weighted by molar-refractivity contribution is 6.10. The molecule has 40 heavy (non-hydrogen) atoms. The number of carbonyl (C=O) groups is 1. The second-order valence-electron chi connectivity index (χ2n) is 11.8. The third-order valence-electron chi connectivity index (χ3n) is 9.13. The third kappa shape index (κ3) is 4.77. The first-order valence-electron chi connectivity index (χ1n) is 14.6. The van der Waals surface area contributed by atoms with Gasteiger partial charge in [0.05, 0.1) is 25.5 Å². The van der Waals surface area contributed by atoms with Crippen molar-refractivity contribution < 1.29 is 9.53 Å². The maximum absolute atomic E-state index is 13.9. The van der Waals surface area contributed by atoms with Crippen LogP contribution < -0.4 is 4.90 Å². The van der Waals surface area contributed by atoms with E-state index in [-0.39, 0.29) is 17.4 Å². The molecule has 3 aliphatic heterocycles. The maximum atomic E-state index is 13.9. The molecule has 0 unspecified atom stereocenters. The quantitative estimate of drug-likeness (QED) is 0.388. The van der Waals surface area contributed by atoms with Crippen molar-refractivity contribution >= 4 is 11.6 Å². The SMILES string of the molecule is C=C.C[C@@H](c1cc2c(c(C3CC3)n1)CN(c1cccc(C3(Cc4nncn4C)COC3)c1)C2=O)N1CCCCC1. The summed E-state index contributed by atoms with van der Waals surface area (Å²) < 4.78 is 7.67. The van der Waals surface area contributed by atoms with Crippen LogP contribution >= 0.6 is 0 Å². The summed E-state index contributed by atoms with van der Waals surface area (Å²) in [6, 6.07) is 10.8.